The predicted octanol–water partition coefficient (Wildman–Crippen LogP) is 3.15. The van der Waals surface area contributed by atoms with Gasteiger partial charge in [-0.2, -0.15) is 0 Å². The maximum absolute atomic E-state index is 5.22. The first-order valence-corrected chi connectivity index (χ1v) is 4.43. The van der Waals surface area contributed by atoms with Crippen LogP contribution in [-0.2, 0) is 4.74 Å². The molecule has 68 valence electrons. The summed E-state index contributed by atoms with van der Waals surface area (Å²) in [5, 5.41) is 0. The van der Waals surface area contributed by atoms with Gasteiger partial charge in [-0.3, -0.25) is 0 Å². The molecule has 0 saturated carbocycles. The minimum absolute atomic E-state index is 0.738. The Morgan fingerprint density at radius 1 is 0.692 bits per heavy atom. The van der Waals surface area contributed by atoms with Gasteiger partial charge in [-0.15, -0.1) is 0 Å². The molecule has 0 aromatic heterocycles. The Hall–Kier alpha value is -1.50. The van der Waals surface area contributed by atoms with Crippen LogP contribution in [0.25, 0.3) is 0 Å². The molecule has 0 spiro atoms. The second-order valence-corrected chi connectivity index (χ2v) is 2.57. The SMILES string of the molecule is C1=COCC/C=C/C=C\C=C\C=C\1. The van der Waals surface area contributed by atoms with Gasteiger partial charge in [0.15, 0.2) is 0 Å². The monoisotopic (exact) mass is 174 g/mol. The summed E-state index contributed by atoms with van der Waals surface area (Å²) in [6.07, 6.45) is 20.5. The van der Waals surface area contributed by atoms with Crippen molar-refractivity contribution in [2.75, 3.05) is 6.61 Å². The molecular weight excluding hydrogens is 160 g/mol. The Bertz CT molecular complexity index is 228. The van der Waals surface area contributed by atoms with Gasteiger partial charge >= 0.3 is 0 Å². The summed E-state index contributed by atoms with van der Waals surface area (Å²) < 4.78 is 5.22. The van der Waals surface area contributed by atoms with Crippen LogP contribution in [0.3, 0.4) is 0 Å². The van der Waals surface area contributed by atoms with E-state index in [1.54, 1.807) is 6.26 Å². The largest absolute Gasteiger partial charge is 0.501 e. The van der Waals surface area contributed by atoms with E-state index in [0.29, 0.717) is 0 Å². The summed E-state index contributed by atoms with van der Waals surface area (Å²) in [5.74, 6) is 0. The summed E-state index contributed by atoms with van der Waals surface area (Å²) in [4.78, 5) is 0. The highest BCUT2D eigenvalue weighted by Gasteiger charge is 1.77. The highest BCUT2D eigenvalue weighted by molar-refractivity contribution is 5.17. The van der Waals surface area contributed by atoms with Crippen LogP contribution in [0, 0.1) is 0 Å². The molecule has 13 heavy (non-hydrogen) atoms. The summed E-state index contributed by atoms with van der Waals surface area (Å²) >= 11 is 0. The first kappa shape index (κ1) is 9.59. The van der Waals surface area contributed by atoms with Crippen LogP contribution in [0.15, 0.2) is 60.9 Å². The van der Waals surface area contributed by atoms with Crippen molar-refractivity contribution in [3.63, 3.8) is 0 Å². The second-order valence-electron chi connectivity index (χ2n) is 2.57. The third-order valence-corrected chi connectivity index (χ3v) is 1.49. The van der Waals surface area contributed by atoms with Crippen LogP contribution in [0.4, 0.5) is 0 Å². The van der Waals surface area contributed by atoms with Crippen molar-refractivity contribution in [2.45, 2.75) is 6.42 Å². The van der Waals surface area contributed by atoms with Crippen molar-refractivity contribution in [1.29, 1.82) is 0 Å². The highest BCUT2D eigenvalue weighted by atomic mass is 16.5. The average Bonchev–Trinajstić information content (AvgIpc) is 2.18. The standard InChI is InChI=1S/C12H14O/c1-2-4-6-8-10-12-13-11-9-7-5-3-1/h1-9,11H,10,12H2/b3-1+,4-2-,7-5+,8-6+,11-9?. The zero-order valence-corrected chi connectivity index (χ0v) is 7.60. The van der Waals surface area contributed by atoms with Crippen LogP contribution in [-0.4, -0.2) is 6.61 Å². The Morgan fingerprint density at radius 2 is 1.31 bits per heavy atom. The molecule has 0 N–H and O–H groups in total. The Balaban J connectivity index is 2.51. The lowest BCUT2D eigenvalue weighted by Gasteiger charge is -1.94. The molecule has 0 aromatic rings. The van der Waals surface area contributed by atoms with Gasteiger partial charge in [-0.25, -0.2) is 0 Å². The van der Waals surface area contributed by atoms with Gasteiger partial charge in [0.05, 0.1) is 12.9 Å². The molecule has 0 fully saturated rings. The van der Waals surface area contributed by atoms with E-state index < -0.39 is 0 Å². The topological polar surface area (TPSA) is 9.23 Å². The molecule has 0 saturated heterocycles. The maximum atomic E-state index is 5.22. The number of hydrogen-bond donors (Lipinski definition) is 0. The quantitative estimate of drug-likeness (QED) is 0.548. The van der Waals surface area contributed by atoms with E-state index in [4.69, 9.17) is 4.74 Å². The molecule has 0 aromatic carbocycles. The van der Waals surface area contributed by atoms with Gasteiger partial charge < -0.3 is 4.74 Å². The van der Waals surface area contributed by atoms with E-state index in [0.717, 1.165) is 13.0 Å². The van der Waals surface area contributed by atoms with Crippen molar-refractivity contribution in [3.05, 3.63) is 60.9 Å². The highest BCUT2D eigenvalue weighted by Crippen LogP contribution is 1.90. The van der Waals surface area contributed by atoms with Crippen molar-refractivity contribution >= 4 is 0 Å². The third-order valence-electron chi connectivity index (χ3n) is 1.49. The fourth-order valence-corrected chi connectivity index (χ4v) is 0.865. The lowest BCUT2D eigenvalue weighted by Crippen LogP contribution is -1.82. The van der Waals surface area contributed by atoms with E-state index in [1.165, 1.54) is 0 Å². The molecular formula is C12H14O. The van der Waals surface area contributed by atoms with Crippen LogP contribution in [0.1, 0.15) is 6.42 Å². The molecule has 0 radical (unpaired) electrons. The normalized spacial score (nSPS) is 27.1. The molecule has 1 heterocycles. The smallest absolute Gasteiger partial charge is 0.0907 e. The summed E-state index contributed by atoms with van der Waals surface area (Å²) in [6, 6.07) is 0. The fraction of sp³-hybridized carbons (Fsp3) is 0.167. The van der Waals surface area contributed by atoms with Crippen LogP contribution in [0.2, 0.25) is 0 Å². The summed E-state index contributed by atoms with van der Waals surface area (Å²) in [6.45, 7) is 0.738. The number of rotatable bonds is 0. The van der Waals surface area contributed by atoms with Gasteiger partial charge in [0.25, 0.3) is 0 Å². The van der Waals surface area contributed by atoms with Gasteiger partial charge in [0.2, 0.25) is 0 Å². The molecule has 0 atom stereocenters. The molecule has 0 unspecified atom stereocenters. The molecule has 1 aliphatic rings. The fourth-order valence-electron chi connectivity index (χ4n) is 0.865. The van der Waals surface area contributed by atoms with Crippen LogP contribution < -0.4 is 0 Å². The summed E-state index contributed by atoms with van der Waals surface area (Å²) in [5.41, 5.74) is 0. The molecule has 0 bridgehead atoms. The Kier molecular flexibility index (Phi) is 5.28. The van der Waals surface area contributed by atoms with Crippen LogP contribution >= 0.6 is 0 Å². The Labute approximate surface area is 79.4 Å². The molecule has 1 rings (SSSR count). The molecule has 1 heteroatoms. The van der Waals surface area contributed by atoms with E-state index in [1.807, 2.05) is 48.6 Å². The number of hydrogen-bond acceptors (Lipinski definition) is 1. The van der Waals surface area contributed by atoms with Crippen LogP contribution in [0.5, 0.6) is 0 Å². The first-order valence-electron chi connectivity index (χ1n) is 4.43. The zero-order valence-electron chi connectivity index (χ0n) is 7.60. The molecule has 1 aliphatic heterocycles. The average molecular weight is 174 g/mol. The van der Waals surface area contributed by atoms with Gasteiger partial charge in [0, 0.05) is 0 Å². The van der Waals surface area contributed by atoms with E-state index in [-0.39, 0.29) is 0 Å². The van der Waals surface area contributed by atoms with Crippen molar-refractivity contribution in [2.24, 2.45) is 0 Å². The number of allylic oxidation sites excluding steroid dienone is 8. The lowest BCUT2D eigenvalue weighted by atomic mass is 10.3. The van der Waals surface area contributed by atoms with Crippen molar-refractivity contribution in [1.82, 2.24) is 0 Å². The summed E-state index contributed by atoms with van der Waals surface area (Å²) in [7, 11) is 0. The van der Waals surface area contributed by atoms with E-state index in [2.05, 4.69) is 6.08 Å². The van der Waals surface area contributed by atoms with Crippen molar-refractivity contribution < 1.29 is 4.74 Å². The zero-order chi connectivity index (χ0) is 9.19. The number of ether oxygens (including phenoxy) is 1. The minimum Gasteiger partial charge on any atom is -0.501 e. The Morgan fingerprint density at radius 3 is 2.08 bits per heavy atom. The van der Waals surface area contributed by atoms with Gasteiger partial charge in [0.1, 0.15) is 0 Å². The maximum Gasteiger partial charge on any atom is 0.0907 e. The molecule has 0 amide bonds. The van der Waals surface area contributed by atoms with Gasteiger partial charge in [-0.1, -0.05) is 48.6 Å². The second kappa shape index (κ2) is 7.17. The first-order chi connectivity index (χ1) is 6.50. The predicted molar refractivity (Wildman–Crippen MR) is 56.3 cm³/mol. The third kappa shape index (κ3) is 5.74. The van der Waals surface area contributed by atoms with E-state index in [9.17, 15) is 0 Å². The molecule has 0 aliphatic carbocycles. The minimum atomic E-state index is 0.738. The van der Waals surface area contributed by atoms with E-state index >= 15 is 0 Å². The van der Waals surface area contributed by atoms with Crippen molar-refractivity contribution in [3.8, 4) is 0 Å². The molecule has 1 nitrogen and oxygen atoms in total. The lowest BCUT2D eigenvalue weighted by molar-refractivity contribution is 0.256. The van der Waals surface area contributed by atoms with Gasteiger partial charge in [-0.05, 0) is 12.5 Å².